The van der Waals surface area contributed by atoms with Gasteiger partial charge < -0.3 is 9.32 Å². The van der Waals surface area contributed by atoms with Crippen molar-refractivity contribution in [1.29, 1.82) is 0 Å². The first kappa shape index (κ1) is 25.4. The Hall–Kier alpha value is -5.31. The molecule has 0 fully saturated rings. The summed E-state index contributed by atoms with van der Waals surface area (Å²) in [5.74, 6) is 0. The molecule has 43 heavy (non-hydrogen) atoms. The number of furan rings is 1. The summed E-state index contributed by atoms with van der Waals surface area (Å²) in [7, 11) is 0. The third kappa shape index (κ3) is 4.44. The van der Waals surface area contributed by atoms with Gasteiger partial charge >= 0.3 is 0 Å². The zero-order valence-corrected chi connectivity index (χ0v) is 24.0. The van der Waals surface area contributed by atoms with Gasteiger partial charge in [-0.15, -0.1) is 0 Å². The van der Waals surface area contributed by atoms with E-state index in [9.17, 15) is 0 Å². The normalized spacial score (nSPS) is 11.4. The van der Waals surface area contributed by atoms with Crippen molar-refractivity contribution in [3.63, 3.8) is 0 Å². The van der Waals surface area contributed by atoms with E-state index in [-0.39, 0.29) is 0 Å². The standard InChI is InChI=1S/C40H26ClNO/c41-37-26-32(25-36-34-22-20-29-16-10-11-19-33(29)39(34)43-40(36)37)42(31-17-8-3-9-18-31)38-23-21-30(27-12-4-1-5-13-27)24-35(38)28-14-6-2-7-15-28/h1-26H. The molecular formula is C40H26ClNO. The van der Waals surface area contributed by atoms with Crippen LogP contribution in [0.1, 0.15) is 0 Å². The van der Waals surface area contributed by atoms with Gasteiger partial charge in [0.15, 0.2) is 5.58 Å². The van der Waals surface area contributed by atoms with E-state index in [0.29, 0.717) is 10.6 Å². The topological polar surface area (TPSA) is 16.4 Å². The largest absolute Gasteiger partial charge is 0.454 e. The highest BCUT2D eigenvalue weighted by molar-refractivity contribution is 6.36. The summed E-state index contributed by atoms with van der Waals surface area (Å²) in [6.45, 7) is 0. The molecule has 0 aliphatic heterocycles. The monoisotopic (exact) mass is 571 g/mol. The molecule has 0 spiro atoms. The van der Waals surface area contributed by atoms with Crippen molar-refractivity contribution in [2.24, 2.45) is 0 Å². The van der Waals surface area contributed by atoms with Crippen LogP contribution >= 0.6 is 11.6 Å². The van der Waals surface area contributed by atoms with E-state index in [1.165, 1.54) is 5.56 Å². The molecule has 204 valence electrons. The van der Waals surface area contributed by atoms with E-state index in [2.05, 4.69) is 138 Å². The zero-order valence-electron chi connectivity index (χ0n) is 23.2. The number of hydrogen-bond acceptors (Lipinski definition) is 2. The van der Waals surface area contributed by atoms with Gasteiger partial charge in [-0.1, -0.05) is 127 Å². The van der Waals surface area contributed by atoms with Gasteiger partial charge in [0.2, 0.25) is 0 Å². The molecule has 7 aromatic carbocycles. The van der Waals surface area contributed by atoms with Gasteiger partial charge in [-0.25, -0.2) is 0 Å². The zero-order chi connectivity index (χ0) is 28.8. The first-order chi connectivity index (χ1) is 21.2. The summed E-state index contributed by atoms with van der Waals surface area (Å²) in [4.78, 5) is 2.29. The molecule has 0 saturated carbocycles. The minimum Gasteiger partial charge on any atom is -0.454 e. The summed E-state index contributed by atoms with van der Waals surface area (Å²) >= 11 is 7.05. The Balaban J connectivity index is 1.40. The number of nitrogens with zero attached hydrogens (tertiary/aromatic N) is 1. The van der Waals surface area contributed by atoms with Crippen molar-refractivity contribution in [2.45, 2.75) is 0 Å². The fraction of sp³-hybridized carbons (Fsp3) is 0. The Morgan fingerprint density at radius 1 is 0.442 bits per heavy atom. The Kier molecular flexibility index (Phi) is 6.21. The van der Waals surface area contributed by atoms with Crippen molar-refractivity contribution in [3.05, 3.63) is 163 Å². The molecular weight excluding hydrogens is 546 g/mol. The van der Waals surface area contributed by atoms with E-state index < -0.39 is 0 Å². The number of fused-ring (bicyclic) bond motifs is 5. The number of para-hydroxylation sites is 1. The quantitative estimate of drug-likeness (QED) is 0.204. The van der Waals surface area contributed by atoms with Gasteiger partial charge in [0.25, 0.3) is 0 Å². The number of rotatable bonds is 5. The molecule has 0 radical (unpaired) electrons. The smallest absolute Gasteiger partial charge is 0.154 e. The molecule has 0 bridgehead atoms. The average Bonchev–Trinajstić information content (AvgIpc) is 3.46. The minimum absolute atomic E-state index is 0.580. The summed E-state index contributed by atoms with van der Waals surface area (Å²) in [6, 6.07) is 55.1. The molecule has 0 unspecified atom stereocenters. The van der Waals surface area contributed by atoms with E-state index in [1.54, 1.807) is 0 Å². The summed E-state index contributed by atoms with van der Waals surface area (Å²) in [5, 5.41) is 4.84. The minimum atomic E-state index is 0.580. The number of hydrogen-bond donors (Lipinski definition) is 0. The van der Waals surface area contributed by atoms with Crippen molar-refractivity contribution < 1.29 is 4.42 Å². The molecule has 1 aromatic heterocycles. The molecule has 0 aliphatic carbocycles. The molecule has 8 aromatic rings. The third-order valence-corrected chi connectivity index (χ3v) is 8.38. The molecule has 2 nitrogen and oxygen atoms in total. The van der Waals surface area contributed by atoms with Gasteiger partial charge in [-0.3, -0.25) is 0 Å². The van der Waals surface area contributed by atoms with E-state index in [4.69, 9.17) is 16.0 Å². The van der Waals surface area contributed by atoms with Crippen LogP contribution in [0.25, 0.3) is 55.0 Å². The van der Waals surface area contributed by atoms with Gasteiger partial charge in [0.1, 0.15) is 5.58 Å². The number of anilines is 3. The molecule has 0 N–H and O–H groups in total. The van der Waals surface area contributed by atoms with Crippen LogP contribution in [0.3, 0.4) is 0 Å². The second-order valence-electron chi connectivity index (χ2n) is 10.7. The summed E-state index contributed by atoms with van der Waals surface area (Å²) in [6.07, 6.45) is 0. The molecule has 0 aliphatic rings. The predicted molar refractivity (Wildman–Crippen MR) is 182 cm³/mol. The lowest BCUT2D eigenvalue weighted by molar-refractivity contribution is 0.673. The van der Waals surface area contributed by atoms with E-state index >= 15 is 0 Å². The maximum absolute atomic E-state index is 7.05. The fourth-order valence-electron chi connectivity index (χ4n) is 6.07. The molecule has 0 amide bonds. The van der Waals surface area contributed by atoms with Crippen LogP contribution in [0.2, 0.25) is 5.02 Å². The van der Waals surface area contributed by atoms with E-state index in [0.717, 1.165) is 60.9 Å². The Bertz CT molecular complexity index is 2240. The van der Waals surface area contributed by atoms with Crippen LogP contribution in [-0.4, -0.2) is 0 Å². The van der Waals surface area contributed by atoms with Crippen molar-refractivity contribution in [1.82, 2.24) is 0 Å². The molecule has 0 atom stereocenters. The average molecular weight is 572 g/mol. The molecule has 3 heteroatoms. The highest BCUT2D eigenvalue weighted by atomic mass is 35.5. The first-order valence-corrected chi connectivity index (χ1v) is 14.8. The first-order valence-electron chi connectivity index (χ1n) is 14.4. The third-order valence-electron chi connectivity index (χ3n) is 8.10. The van der Waals surface area contributed by atoms with Crippen LogP contribution < -0.4 is 4.90 Å². The SMILES string of the molecule is Clc1cc(N(c2ccccc2)c2ccc(-c3ccccc3)cc2-c2ccccc2)cc2c1oc1c3ccccc3ccc21. The van der Waals surface area contributed by atoms with Crippen molar-refractivity contribution >= 4 is 61.4 Å². The van der Waals surface area contributed by atoms with Crippen LogP contribution in [0, 0.1) is 0 Å². The maximum atomic E-state index is 7.05. The summed E-state index contributed by atoms with van der Waals surface area (Å²) in [5.41, 5.74) is 9.24. The Morgan fingerprint density at radius 3 is 1.88 bits per heavy atom. The lowest BCUT2D eigenvalue weighted by Crippen LogP contribution is -2.11. The summed E-state index contributed by atoms with van der Waals surface area (Å²) < 4.78 is 6.45. The van der Waals surface area contributed by atoms with Crippen LogP contribution in [0.15, 0.2) is 162 Å². The lowest BCUT2D eigenvalue weighted by Gasteiger charge is -2.28. The molecule has 0 saturated heterocycles. The van der Waals surface area contributed by atoms with Crippen LogP contribution in [-0.2, 0) is 0 Å². The van der Waals surface area contributed by atoms with Crippen LogP contribution in [0.5, 0.6) is 0 Å². The van der Waals surface area contributed by atoms with Crippen molar-refractivity contribution in [2.75, 3.05) is 4.90 Å². The fourth-order valence-corrected chi connectivity index (χ4v) is 6.33. The highest BCUT2D eigenvalue weighted by Crippen LogP contribution is 2.46. The van der Waals surface area contributed by atoms with Gasteiger partial charge in [0, 0.05) is 33.1 Å². The Morgan fingerprint density at radius 2 is 1.12 bits per heavy atom. The lowest BCUT2D eigenvalue weighted by atomic mass is 9.96. The van der Waals surface area contributed by atoms with E-state index in [1.807, 2.05) is 24.3 Å². The number of benzene rings is 7. The maximum Gasteiger partial charge on any atom is 0.154 e. The second kappa shape index (κ2) is 10.5. The highest BCUT2D eigenvalue weighted by Gasteiger charge is 2.21. The second-order valence-corrected chi connectivity index (χ2v) is 11.1. The van der Waals surface area contributed by atoms with Gasteiger partial charge in [-0.05, 0) is 64.5 Å². The molecule has 8 rings (SSSR count). The molecule has 1 heterocycles. The van der Waals surface area contributed by atoms with Crippen LogP contribution in [0.4, 0.5) is 17.1 Å². The van der Waals surface area contributed by atoms with Gasteiger partial charge in [0.05, 0.1) is 10.7 Å². The number of halogens is 1. The predicted octanol–water partition coefficient (Wildman–Crippen LogP) is 12.2. The van der Waals surface area contributed by atoms with Crippen molar-refractivity contribution in [3.8, 4) is 22.3 Å². The Labute approximate surface area is 255 Å². The van der Waals surface area contributed by atoms with Gasteiger partial charge in [-0.2, -0.15) is 0 Å².